The molecule has 29 heavy (non-hydrogen) atoms. The van der Waals surface area contributed by atoms with Crippen LogP contribution in [0.1, 0.15) is 21.7 Å². The first kappa shape index (κ1) is 21.8. The Labute approximate surface area is 183 Å². The number of aromatic nitrogens is 4. The maximum Gasteiger partial charge on any atom is 0.436 e. The molecule has 0 aliphatic carbocycles. The summed E-state index contributed by atoms with van der Waals surface area (Å²) in [7, 11) is 1.21. The summed E-state index contributed by atoms with van der Waals surface area (Å²) in [6.45, 7) is -0.0202. The molecular formula is C16H10Br2ClF4N5O. The number of nitrogens with one attached hydrogen (secondary N) is 1. The van der Waals surface area contributed by atoms with E-state index in [9.17, 15) is 22.4 Å². The first-order chi connectivity index (χ1) is 13.5. The second-order valence-electron chi connectivity index (χ2n) is 5.81. The van der Waals surface area contributed by atoms with Gasteiger partial charge >= 0.3 is 6.18 Å². The predicted molar refractivity (Wildman–Crippen MR) is 104 cm³/mol. The Morgan fingerprint density at radius 3 is 2.55 bits per heavy atom. The van der Waals surface area contributed by atoms with E-state index in [2.05, 4.69) is 47.4 Å². The fraction of sp³-hybridized carbons (Fsp3) is 0.188. The Hall–Kier alpha value is -1.92. The molecule has 6 nitrogen and oxygen atoms in total. The van der Waals surface area contributed by atoms with Crippen LogP contribution in [-0.4, -0.2) is 25.5 Å². The molecule has 0 atom stereocenters. The van der Waals surface area contributed by atoms with E-state index < -0.39 is 28.1 Å². The number of benzene rings is 1. The number of nitrogens with zero attached hydrogens (tertiary/aromatic N) is 4. The van der Waals surface area contributed by atoms with Gasteiger partial charge in [-0.1, -0.05) is 17.7 Å². The van der Waals surface area contributed by atoms with Crippen molar-refractivity contribution in [2.75, 3.05) is 5.32 Å². The maximum absolute atomic E-state index is 13.9. The van der Waals surface area contributed by atoms with Crippen LogP contribution >= 0.6 is 43.5 Å². The zero-order valence-corrected chi connectivity index (χ0v) is 18.3. The number of carbonyl (C=O) groups is 1. The van der Waals surface area contributed by atoms with Crippen molar-refractivity contribution in [3.05, 3.63) is 61.1 Å². The number of anilines is 1. The van der Waals surface area contributed by atoms with Crippen LogP contribution in [0.4, 0.5) is 23.4 Å². The average molecular weight is 560 g/mol. The van der Waals surface area contributed by atoms with Gasteiger partial charge in [-0.3, -0.25) is 14.2 Å². The summed E-state index contributed by atoms with van der Waals surface area (Å²) in [4.78, 5) is 12.5. The summed E-state index contributed by atoms with van der Waals surface area (Å²) in [5, 5.41) is 10.1. The zero-order valence-electron chi connectivity index (χ0n) is 14.4. The van der Waals surface area contributed by atoms with Crippen molar-refractivity contribution in [2.45, 2.75) is 12.7 Å². The molecule has 0 bridgehead atoms. The second-order valence-corrected chi connectivity index (χ2v) is 7.86. The van der Waals surface area contributed by atoms with Gasteiger partial charge in [0, 0.05) is 23.8 Å². The highest BCUT2D eigenvalue weighted by Gasteiger charge is 2.39. The molecule has 1 N–H and O–H groups in total. The van der Waals surface area contributed by atoms with E-state index in [1.54, 1.807) is 0 Å². The number of rotatable bonds is 4. The Kier molecular flexibility index (Phi) is 6.06. The lowest BCUT2D eigenvalue weighted by Crippen LogP contribution is -2.17. The molecule has 0 unspecified atom stereocenters. The molecular weight excluding hydrogens is 549 g/mol. The Balaban J connectivity index is 1.85. The molecule has 1 amide bonds. The van der Waals surface area contributed by atoms with Crippen molar-refractivity contribution in [3.8, 4) is 0 Å². The van der Waals surface area contributed by atoms with E-state index in [0.29, 0.717) is 4.47 Å². The van der Waals surface area contributed by atoms with E-state index >= 15 is 0 Å². The monoisotopic (exact) mass is 557 g/mol. The van der Waals surface area contributed by atoms with E-state index in [4.69, 9.17) is 11.6 Å². The molecule has 154 valence electrons. The molecule has 1 aromatic carbocycles. The van der Waals surface area contributed by atoms with E-state index in [1.165, 1.54) is 36.1 Å². The van der Waals surface area contributed by atoms with Crippen LogP contribution in [0.3, 0.4) is 0 Å². The fourth-order valence-corrected chi connectivity index (χ4v) is 3.88. The maximum atomic E-state index is 13.9. The molecule has 0 aliphatic heterocycles. The number of hydrogen-bond acceptors (Lipinski definition) is 3. The minimum absolute atomic E-state index is 0.0202. The Bertz CT molecular complexity index is 1080. The lowest BCUT2D eigenvalue weighted by Gasteiger charge is -2.06. The Morgan fingerprint density at radius 1 is 1.28 bits per heavy atom. The lowest BCUT2D eigenvalue weighted by molar-refractivity contribution is -0.142. The molecule has 0 spiro atoms. The van der Waals surface area contributed by atoms with Crippen molar-refractivity contribution in [3.63, 3.8) is 0 Å². The third-order valence-corrected chi connectivity index (χ3v) is 5.49. The average Bonchev–Trinajstić information content (AvgIpc) is 3.10. The minimum Gasteiger partial charge on any atom is -0.303 e. The van der Waals surface area contributed by atoms with Gasteiger partial charge < -0.3 is 5.32 Å². The molecule has 0 saturated heterocycles. The summed E-state index contributed by atoms with van der Waals surface area (Å²) in [6, 6.07) is 4.24. The van der Waals surface area contributed by atoms with Gasteiger partial charge in [0.25, 0.3) is 5.91 Å². The number of hydrogen-bond donors (Lipinski definition) is 1. The van der Waals surface area contributed by atoms with Crippen molar-refractivity contribution in [1.82, 2.24) is 19.6 Å². The smallest absolute Gasteiger partial charge is 0.303 e. The third-order valence-electron chi connectivity index (χ3n) is 3.80. The summed E-state index contributed by atoms with van der Waals surface area (Å²) < 4.78 is 54.8. The number of carbonyl (C=O) groups excluding carboxylic acids is 1. The second kappa shape index (κ2) is 8.07. The molecule has 0 saturated carbocycles. The highest BCUT2D eigenvalue weighted by atomic mass is 79.9. The zero-order chi connectivity index (χ0) is 21.5. The van der Waals surface area contributed by atoms with Gasteiger partial charge in [-0.05, 0) is 44.0 Å². The first-order valence-electron chi connectivity index (χ1n) is 7.76. The van der Waals surface area contributed by atoms with Crippen LogP contribution in [0.5, 0.6) is 0 Å². The normalized spacial score (nSPS) is 11.7. The van der Waals surface area contributed by atoms with Crippen molar-refractivity contribution >= 4 is 55.2 Å². The number of amides is 1. The third kappa shape index (κ3) is 4.48. The largest absolute Gasteiger partial charge is 0.436 e. The standard InChI is InChI=1S/C16H10Br2ClF4N5O/c1-27-12(11(18)13(25-27)16(21,22)23)15(29)24-14-8(17)6-28(26-14)5-7-9(19)3-2-4-10(7)20/h2-4,6H,5H2,1H3,(H,24,26,29). The van der Waals surface area contributed by atoms with Gasteiger partial charge in [-0.2, -0.15) is 23.4 Å². The van der Waals surface area contributed by atoms with Gasteiger partial charge in [0.2, 0.25) is 0 Å². The minimum atomic E-state index is -4.73. The molecule has 13 heteroatoms. The number of halogens is 7. The van der Waals surface area contributed by atoms with Crippen LogP contribution < -0.4 is 5.32 Å². The van der Waals surface area contributed by atoms with E-state index in [0.717, 1.165) is 4.68 Å². The van der Waals surface area contributed by atoms with Crippen molar-refractivity contribution in [1.29, 1.82) is 0 Å². The van der Waals surface area contributed by atoms with Crippen LogP contribution in [0.25, 0.3) is 0 Å². The van der Waals surface area contributed by atoms with Gasteiger partial charge in [0.15, 0.2) is 11.5 Å². The molecule has 3 rings (SSSR count). The highest BCUT2D eigenvalue weighted by molar-refractivity contribution is 9.11. The highest BCUT2D eigenvalue weighted by Crippen LogP contribution is 2.36. The Morgan fingerprint density at radius 2 is 1.97 bits per heavy atom. The molecule has 0 aliphatic rings. The van der Waals surface area contributed by atoms with Crippen LogP contribution in [0, 0.1) is 5.82 Å². The van der Waals surface area contributed by atoms with Gasteiger partial charge in [0.05, 0.1) is 15.5 Å². The van der Waals surface area contributed by atoms with E-state index in [-0.39, 0.29) is 28.6 Å². The fourth-order valence-electron chi connectivity index (χ4n) is 2.50. The van der Waals surface area contributed by atoms with Crippen LogP contribution in [0.15, 0.2) is 33.3 Å². The van der Waals surface area contributed by atoms with Crippen LogP contribution in [-0.2, 0) is 19.8 Å². The van der Waals surface area contributed by atoms with Gasteiger partial charge in [-0.25, -0.2) is 4.39 Å². The molecule has 0 radical (unpaired) electrons. The quantitative estimate of drug-likeness (QED) is 0.444. The number of aryl methyl sites for hydroxylation is 1. The first-order valence-corrected chi connectivity index (χ1v) is 9.72. The molecule has 3 aromatic rings. The van der Waals surface area contributed by atoms with E-state index in [1.807, 2.05) is 0 Å². The SMILES string of the molecule is Cn1nc(C(F)(F)F)c(Br)c1C(=O)Nc1nn(Cc2c(F)cccc2Cl)cc1Br. The lowest BCUT2D eigenvalue weighted by atomic mass is 10.2. The number of alkyl halides is 3. The summed E-state index contributed by atoms with van der Waals surface area (Å²) in [5.41, 5.74) is -1.36. The predicted octanol–water partition coefficient (Wildman–Crippen LogP) is 5.25. The summed E-state index contributed by atoms with van der Waals surface area (Å²) >= 11 is 12.0. The van der Waals surface area contributed by atoms with Crippen molar-refractivity contribution < 1.29 is 22.4 Å². The van der Waals surface area contributed by atoms with Crippen molar-refractivity contribution in [2.24, 2.45) is 7.05 Å². The van der Waals surface area contributed by atoms with Crippen LogP contribution in [0.2, 0.25) is 5.02 Å². The molecule has 0 fully saturated rings. The van der Waals surface area contributed by atoms with Gasteiger partial charge in [-0.15, -0.1) is 0 Å². The van der Waals surface area contributed by atoms with Gasteiger partial charge in [0.1, 0.15) is 11.5 Å². The topological polar surface area (TPSA) is 64.7 Å². The molecule has 2 aromatic heterocycles. The summed E-state index contributed by atoms with van der Waals surface area (Å²) in [6.07, 6.45) is -3.26. The summed E-state index contributed by atoms with van der Waals surface area (Å²) in [5.74, 6) is -1.35. The molecule has 2 heterocycles.